The Morgan fingerprint density at radius 1 is 0.706 bits per heavy atom. The van der Waals surface area contributed by atoms with Gasteiger partial charge in [0.05, 0.1) is 0 Å². The number of rotatable bonds is 10. The lowest BCUT2D eigenvalue weighted by Crippen LogP contribution is -2.44. The van der Waals surface area contributed by atoms with Crippen LogP contribution in [-0.4, -0.2) is 44.1 Å². The smallest absolute Gasteiger partial charge is 0.173 e. The summed E-state index contributed by atoms with van der Waals surface area (Å²) in [5.41, 5.74) is 0. The van der Waals surface area contributed by atoms with Crippen LogP contribution in [0.5, 0.6) is 0 Å². The average molecular weight is 279 g/mol. The molecule has 0 fully saturated rings. The van der Waals surface area contributed by atoms with Crippen LogP contribution in [0, 0.1) is 0 Å². The summed E-state index contributed by atoms with van der Waals surface area (Å²) in [5.74, 6) is 0. The van der Waals surface area contributed by atoms with E-state index in [-0.39, 0.29) is 0 Å². The second-order valence-electron chi connectivity index (χ2n) is 5.81. The van der Waals surface area contributed by atoms with Crippen molar-refractivity contribution in [3.8, 4) is 0 Å². The standard InChI is InChI=1S/C12H30O3Si2/c1-13-9-7-11-16(3,4)15-17(5,6)12-8-10-14-2/h7-12H2,1-6H3. The third-order valence-corrected chi connectivity index (χ3v) is 10.3. The molecule has 0 heterocycles. The van der Waals surface area contributed by atoms with Gasteiger partial charge in [-0.3, -0.25) is 0 Å². The highest BCUT2D eigenvalue weighted by Crippen LogP contribution is 2.23. The fraction of sp³-hybridized carbons (Fsp3) is 1.00. The molecule has 0 spiro atoms. The molecular weight excluding hydrogens is 248 g/mol. The van der Waals surface area contributed by atoms with Crippen molar-refractivity contribution in [1.82, 2.24) is 0 Å². The fourth-order valence-corrected chi connectivity index (χ4v) is 10.9. The molecule has 104 valence electrons. The largest absolute Gasteiger partial charge is 0.455 e. The monoisotopic (exact) mass is 278 g/mol. The quantitative estimate of drug-likeness (QED) is 0.452. The molecular formula is C12H30O3Si2. The Labute approximate surface area is 109 Å². The minimum absolute atomic E-state index is 0.853. The van der Waals surface area contributed by atoms with Crippen molar-refractivity contribution in [2.24, 2.45) is 0 Å². The number of hydrogen-bond donors (Lipinski definition) is 0. The highest BCUT2D eigenvalue weighted by atomic mass is 28.4. The lowest BCUT2D eigenvalue weighted by atomic mass is 10.5. The topological polar surface area (TPSA) is 27.7 Å². The van der Waals surface area contributed by atoms with Crippen molar-refractivity contribution >= 4 is 16.6 Å². The van der Waals surface area contributed by atoms with Crippen molar-refractivity contribution < 1.29 is 13.6 Å². The van der Waals surface area contributed by atoms with E-state index in [1.54, 1.807) is 14.2 Å². The molecule has 0 aliphatic rings. The summed E-state index contributed by atoms with van der Waals surface area (Å²) in [4.78, 5) is 0. The van der Waals surface area contributed by atoms with E-state index >= 15 is 0 Å². The van der Waals surface area contributed by atoms with Crippen LogP contribution in [0.25, 0.3) is 0 Å². The second-order valence-corrected chi connectivity index (χ2v) is 14.7. The average Bonchev–Trinajstić information content (AvgIpc) is 2.16. The molecule has 0 bridgehead atoms. The van der Waals surface area contributed by atoms with Crippen molar-refractivity contribution in [3.05, 3.63) is 0 Å². The van der Waals surface area contributed by atoms with Gasteiger partial charge >= 0.3 is 0 Å². The van der Waals surface area contributed by atoms with Gasteiger partial charge in [0.15, 0.2) is 16.6 Å². The van der Waals surface area contributed by atoms with Crippen LogP contribution in [0.4, 0.5) is 0 Å². The van der Waals surface area contributed by atoms with Crippen LogP contribution >= 0.6 is 0 Å². The molecule has 0 aliphatic heterocycles. The Bertz CT molecular complexity index is 176. The van der Waals surface area contributed by atoms with E-state index in [1.165, 1.54) is 12.1 Å². The molecule has 0 rings (SSSR count). The van der Waals surface area contributed by atoms with Gasteiger partial charge in [0.25, 0.3) is 0 Å². The minimum atomic E-state index is -1.50. The van der Waals surface area contributed by atoms with Gasteiger partial charge in [-0.15, -0.1) is 0 Å². The first-order valence-electron chi connectivity index (χ1n) is 6.51. The fourth-order valence-electron chi connectivity index (χ4n) is 2.13. The maximum Gasteiger partial charge on any atom is 0.173 e. The molecule has 0 saturated heterocycles. The van der Waals surface area contributed by atoms with Crippen LogP contribution in [0.3, 0.4) is 0 Å². The van der Waals surface area contributed by atoms with Gasteiger partial charge in [-0.1, -0.05) is 0 Å². The Morgan fingerprint density at radius 3 is 1.35 bits per heavy atom. The maximum absolute atomic E-state index is 6.49. The first-order chi connectivity index (χ1) is 7.83. The van der Waals surface area contributed by atoms with Gasteiger partial charge in [0.1, 0.15) is 0 Å². The van der Waals surface area contributed by atoms with E-state index in [4.69, 9.17) is 13.6 Å². The third kappa shape index (κ3) is 9.97. The molecule has 17 heavy (non-hydrogen) atoms. The number of ether oxygens (including phenoxy) is 2. The van der Waals surface area contributed by atoms with Crippen molar-refractivity contribution in [2.45, 2.75) is 51.1 Å². The summed E-state index contributed by atoms with van der Waals surface area (Å²) in [5, 5.41) is 0. The van der Waals surface area contributed by atoms with Gasteiger partial charge in [0.2, 0.25) is 0 Å². The lowest BCUT2D eigenvalue weighted by molar-refractivity contribution is 0.197. The zero-order chi connectivity index (χ0) is 13.4. The number of hydrogen-bond acceptors (Lipinski definition) is 3. The lowest BCUT2D eigenvalue weighted by Gasteiger charge is -2.34. The van der Waals surface area contributed by atoms with Crippen molar-refractivity contribution in [3.63, 3.8) is 0 Å². The molecule has 0 aliphatic carbocycles. The molecule has 0 aromatic rings. The van der Waals surface area contributed by atoms with Crippen LogP contribution < -0.4 is 0 Å². The molecule has 0 aromatic heterocycles. The molecule has 0 amide bonds. The van der Waals surface area contributed by atoms with Crippen LogP contribution in [0.1, 0.15) is 12.8 Å². The molecule has 0 unspecified atom stereocenters. The zero-order valence-corrected chi connectivity index (χ0v) is 14.5. The third-order valence-electron chi connectivity index (χ3n) is 2.81. The van der Waals surface area contributed by atoms with Gasteiger partial charge < -0.3 is 13.6 Å². The van der Waals surface area contributed by atoms with E-state index < -0.39 is 16.6 Å². The van der Waals surface area contributed by atoms with Gasteiger partial charge in [-0.05, 0) is 51.1 Å². The predicted molar refractivity (Wildman–Crippen MR) is 78.6 cm³/mol. The summed E-state index contributed by atoms with van der Waals surface area (Å²) in [6.45, 7) is 11.0. The highest BCUT2D eigenvalue weighted by molar-refractivity contribution is 6.84. The predicted octanol–water partition coefficient (Wildman–Crippen LogP) is 3.49. The van der Waals surface area contributed by atoms with E-state index in [0.717, 1.165) is 26.1 Å². The Morgan fingerprint density at radius 2 is 1.06 bits per heavy atom. The Hall–Kier alpha value is 0.314. The summed E-state index contributed by atoms with van der Waals surface area (Å²) < 4.78 is 16.7. The first kappa shape index (κ1) is 17.3. The molecule has 0 aromatic carbocycles. The molecule has 0 saturated carbocycles. The van der Waals surface area contributed by atoms with E-state index in [2.05, 4.69) is 26.2 Å². The van der Waals surface area contributed by atoms with Gasteiger partial charge in [0, 0.05) is 27.4 Å². The molecule has 5 heteroatoms. The molecule has 0 N–H and O–H groups in total. The maximum atomic E-state index is 6.49. The molecule has 0 radical (unpaired) electrons. The van der Waals surface area contributed by atoms with E-state index in [9.17, 15) is 0 Å². The van der Waals surface area contributed by atoms with E-state index in [0.29, 0.717) is 0 Å². The minimum Gasteiger partial charge on any atom is -0.455 e. The van der Waals surface area contributed by atoms with Crippen LogP contribution in [0.2, 0.25) is 38.3 Å². The first-order valence-corrected chi connectivity index (χ1v) is 12.7. The zero-order valence-electron chi connectivity index (χ0n) is 12.5. The summed E-state index contributed by atoms with van der Waals surface area (Å²) in [6, 6.07) is 2.39. The van der Waals surface area contributed by atoms with Crippen LogP contribution in [0.15, 0.2) is 0 Å². The second kappa shape index (κ2) is 8.42. The normalized spacial score (nSPS) is 13.1. The van der Waals surface area contributed by atoms with Gasteiger partial charge in [-0.2, -0.15) is 0 Å². The van der Waals surface area contributed by atoms with E-state index in [1.807, 2.05) is 0 Å². The Balaban J connectivity index is 3.99. The molecule has 0 atom stereocenters. The van der Waals surface area contributed by atoms with Crippen LogP contribution in [-0.2, 0) is 13.6 Å². The van der Waals surface area contributed by atoms with Crippen molar-refractivity contribution in [1.29, 1.82) is 0 Å². The SMILES string of the molecule is COCCC[Si](C)(C)O[Si](C)(C)CCCOC. The Kier molecular flexibility index (Phi) is 8.58. The van der Waals surface area contributed by atoms with Gasteiger partial charge in [-0.25, -0.2) is 0 Å². The highest BCUT2D eigenvalue weighted by Gasteiger charge is 2.32. The van der Waals surface area contributed by atoms with Crippen molar-refractivity contribution in [2.75, 3.05) is 27.4 Å². The summed E-state index contributed by atoms with van der Waals surface area (Å²) >= 11 is 0. The summed E-state index contributed by atoms with van der Waals surface area (Å²) in [6.07, 6.45) is 2.25. The summed E-state index contributed by atoms with van der Waals surface area (Å²) in [7, 11) is 0.535. The number of methoxy groups -OCH3 is 2. The molecule has 3 nitrogen and oxygen atoms in total.